The highest BCUT2D eigenvalue weighted by molar-refractivity contribution is 6.05. The summed E-state index contributed by atoms with van der Waals surface area (Å²) >= 11 is 0. The van der Waals surface area contributed by atoms with Crippen molar-refractivity contribution in [1.29, 1.82) is 0 Å². The van der Waals surface area contributed by atoms with Crippen LogP contribution in [0.15, 0.2) is 24.4 Å². The van der Waals surface area contributed by atoms with Crippen molar-refractivity contribution in [1.82, 2.24) is 24.9 Å². The number of rotatable bonds is 3. The molecule has 0 spiro atoms. The standard InChI is InChI=1S/C19H23N5O/c1-12-7-15-10-20-21-18(15)17(8-12)19(25)23-6-4-5-16(23)11-24-14(3)9-13(2)22-24/h7-10,16H,4-6,11H2,1-3H3,(H,20,21). The SMILES string of the molecule is Cc1cc(C(=O)N2CCCC2Cn2nc(C)cc2C)c2[nH]ncc2c1. The minimum Gasteiger partial charge on any atom is -0.334 e. The van der Waals surface area contributed by atoms with Crippen LogP contribution in [0.2, 0.25) is 0 Å². The molecule has 3 aromatic rings. The van der Waals surface area contributed by atoms with Crippen LogP contribution in [0.4, 0.5) is 0 Å². The maximum atomic E-state index is 13.3. The van der Waals surface area contributed by atoms with E-state index in [2.05, 4.69) is 28.3 Å². The van der Waals surface area contributed by atoms with Crippen LogP contribution in [-0.4, -0.2) is 43.4 Å². The minimum atomic E-state index is 0.0852. The second kappa shape index (κ2) is 6.02. The van der Waals surface area contributed by atoms with Crippen LogP contribution in [0, 0.1) is 20.8 Å². The summed E-state index contributed by atoms with van der Waals surface area (Å²) in [7, 11) is 0. The second-order valence-corrected chi connectivity index (χ2v) is 7.05. The Bertz CT molecular complexity index is 939. The first-order valence-electron chi connectivity index (χ1n) is 8.78. The lowest BCUT2D eigenvalue weighted by atomic mass is 10.1. The smallest absolute Gasteiger partial charge is 0.256 e. The summed E-state index contributed by atoms with van der Waals surface area (Å²) < 4.78 is 2.02. The normalized spacial score (nSPS) is 17.6. The van der Waals surface area contributed by atoms with Gasteiger partial charge in [0.05, 0.1) is 35.6 Å². The molecule has 1 aliphatic heterocycles. The zero-order valence-corrected chi connectivity index (χ0v) is 14.9. The van der Waals surface area contributed by atoms with Gasteiger partial charge in [0.2, 0.25) is 0 Å². The van der Waals surface area contributed by atoms with Gasteiger partial charge in [0.25, 0.3) is 5.91 Å². The number of nitrogens with zero attached hydrogens (tertiary/aromatic N) is 4. The van der Waals surface area contributed by atoms with E-state index in [4.69, 9.17) is 0 Å². The third-order valence-electron chi connectivity index (χ3n) is 5.05. The van der Waals surface area contributed by atoms with Gasteiger partial charge in [-0.05, 0) is 57.4 Å². The van der Waals surface area contributed by atoms with Crippen LogP contribution in [0.5, 0.6) is 0 Å². The highest BCUT2D eigenvalue weighted by Gasteiger charge is 2.31. The first-order valence-corrected chi connectivity index (χ1v) is 8.78. The third kappa shape index (κ3) is 2.81. The zero-order chi connectivity index (χ0) is 17.6. The van der Waals surface area contributed by atoms with Crippen molar-refractivity contribution in [3.05, 3.63) is 46.9 Å². The number of carbonyl (C=O) groups excluding carboxylic acids is 1. The van der Waals surface area contributed by atoms with Gasteiger partial charge in [-0.2, -0.15) is 10.2 Å². The summed E-state index contributed by atoms with van der Waals surface area (Å²) in [5.41, 5.74) is 4.78. The molecule has 130 valence electrons. The zero-order valence-electron chi connectivity index (χ0n) is 14.9. The number of hydrogen-bond donors (Lipinski definition) is 1. The summed E-state index contributed by atoms with van der Waals surface area (Å²) in [6.07, 6.45) is 3.83. The first-order chi connectivity index (χ1) is 12.0. The summed E-state index contributed by atoms with van der Waals surface area (Å²) in [6.45, 7) is 7.63. The van der Waals surface area contributed by atoms with E-state index >= 15 is 0 Å². The highest BCUT2D eigenvalue weighted by Crippen LogP contribution is 2.26. The van der Waals surface area contributed by atoms with Gasteiger partial charge >= 0.3 is 0 Å². The van der Waals surface area contributed by atoms with Gasteiger partial charge in [0.1, 0.15) is 0 Å². The van der Waals surface area contributed by atoms with Crippen LogP contribution in [-0.2, 0) is 6.54 Å². The number of likely N-dealkylation sites (tertiary alicyclic amines) is 1. The molecule has 1 atom stereocenters. The van der Waals surface area contributed by atoms with E-state index in [0.717, 1.165) is 53.8 Å². The van der Waals surface area contributed by atoms with E-state index in [-0.39, 0.29) is 11.9 Å². The molecule has 1 amide bonds. The first kappa shape index (κ1) is 15.9. The van der Waals surface area contributed by atoms with Gasteiger partial charge in [-0.1, -0.05) is 0 Å². The number of aromatic nitrogens is 4. The predicted molar refractivity (Wildman–Crippen MR) is 96.6 cm³/mol. The third-order valence-corrected chi connectivity index (χ3v) is 5.05. The molecule has 6 heteroatoms. The Labute approximate surface area is 146 Å². The monoisotopic (exact) mass is 337 g/mol. The maximum absolute atomic E-state index is 13.3. The Hall–Kier alpha value is -2.63. The molecule has 1 saturated heterocycles. The van der Waals surface area contributed by atoms with E-state index in [9.17, 15) is 4.79 Å². The summed E-state index contributed by atoms with van der Waals surface area (Å²) in [6, 6.07) is 6.27. The van der Waals surface area contributed by atoms with Crippen LogP contribution >= 0.6 is 0 Å². The van der Waals surface area contributed by atoms with E-state index in [1.54, 1.807) is 6.20 Å². The molecule has 3 heterocycles. The van der Waals surface area contributed by atoms with Gasteiger partial charge < -0.3 is 4.90 Å². The van der Waals surface area contributed by atoms with Crippen molar-refractivity contribution in [3.63, 3.8) is 0 Å². The fourth-order valence-corrected chi connectivity index (χ4v) is 3.88. The lowest BCUT2D eigenvalue weighted by Crippen LogP contribution is -2.38. The number of hydrogen-bond acceptors (Lipinski definition) is 3. The van der Waals surface area contributed by atoms with Gasteiger partial charge in [0, 0.05) is 17.6 Å². The molecule has 1 unspecified atom stereocenters. The molecule has 1 aliphatic rings. The molecule has 25 heavy (non-hydrogen) atoms. The molecule has 0 saturated carbocycles. The maximum Gasteiger partial charge on any atom is 0.256 e. The van der Waals surface area contributed by atoms with Crippen molar-refractivity contribution in [2.24, 2.45) is 0 Å². The fourth-order valence-electron chi connectivity index (χ4n) is 3.88. The van der Waals surface area contributed by atoms with Crippen LogP contribution in [0.25, 0.3) is 10.9 Å². The fraction of sp³-hybridized carbons (Fsp3) is 0.421. The highest BCUT2D eigenvalue weighted by atomic mass is 16.2. The largest absolute Gasteiger partial charge is 0.334 e. The molecule has 1 fully saturated rings. The van der Waals surface area contributed by atoms with Crippen LogP contribution < -0.4 is 0 Å². The summed E-state index contributed by atoms with van der Waals surface area (Å²) in [4.78, 5) is 15.3. The molecule has 1 N–H and O–H groups in total. The van der Waals surface area contributed by atoms with Crippen molar-refractivity contribution in [2.45, 2.75) is 46.2 Å². The number of amides is 1. The molecule has 0 radical (unpaired) electrons. The van der Waals surface area contributed by atoms with E-state index < -0.39 is 0 Å². The molecule has 0 bridgehead atoms. The molecule has 2 aromatic heterocycles. The van der Waals surface area contributed by atoms with Gasteiger partial charge in [0.15, 0.2) is 0 Å². The molecule has 4 rings (SSSR count). The van der Waals surface area contributed by atoms with Crippen LogP contribution in [0.3, 0.4) is 0 Å². The van der Waals surface area contributed by atoms with Crippen molar-refractivity contribution in [2.75, 3.05) is 6.54 Å². The van der Waals surface area contributed by atoms with E-state index in [0.29, 0.717) is 5.56 Å². The topological polar surface area (TPSA) is 66.8 Å². The molecular formula is C19H23N5O. The van der Waals surface area contributed by atoms with Crippen LogP contribution in [0.1, 0.15) is 40.2 Å². The Morgan fingerprint density at radius 2 is 2.12 bits per heavy atom. The predicted octanol–water partition coefficient (Wildman–Crippen LogP) is 2.99. The Kier molecular flexibility index (Phi) is 3.82. The van der Waals surface area contributed by atoms with Gasteiger partial charge in [-0.15, -0.1) is 0 Å². The Morgan fingerprint density at radius 1 is 1.28 bits per heavy atom. The van der Waals surface area contributed by atoms with Gasteiger partial charge in [-0.3, -0.25) is 14.6 Å². The number of fused-ring (bicyclic) bond motifs is 1. The molecule has 0 aliphatic carbocycles. The quantitative estimate of drug-likeness (QED) is 0.799. The van der Waals surface area contributed by atoms with Crippen molar-refractivity contribution >= 4 is 16.8 Å². The summed E-state index contributed by atoms with van der Waals surface area (Å²) in [5.74, 6) is 0.0852. The second-order valence-electron chi connectivity index (χ2n) is 7.05. The Balaban J connectivity index is 1.64. The number of nitrogens with one attached hydrogen (secondary N) is 1. The molecule has 1 aromatic carbocycles. The van der Waals surface area contributed by atoms with E-state index in [1.165, 1.54) is 0 Å². The lowest BCUT2D eigenvalue weighted by molar-refractivity contribution is 0.0722. The number of aromatic amines is 1. The minimum absolute atomic E-state index is 0.0852. The average molecular weight is 337 g/mol. The Morgan fingerprint density at radius 3 is 2.88 bits per heavy atom. The number of benzene rings is 1. The number of aryl methyl sites for hydroxylation is 3. The van der Waals surface area contributed by atoms with Gasteiger partial charge in [-0.25, -0.2) is 0 Å². The van der Waals surface area contributed by atoms with Crippen molar-refractivity contribution in [3.8, 4) is 0 Å². The number of carbonyl (C=O) groups is 1. The lowest BCUT2D eigenvalue weighted by Gasteiger charge is -2.25. The summed E-state index contributed by atoms with van der Waals surface area (Å²) in [5, 5.41) is 12.6. The average Bonchev–Trinajstić information content (AvgIpc) is 3.27. The van der Waals surface area contributed by atoms with E-state index in [1.807, 2.05) is 35.6 Å². The molecular weight excluding hydrogens is 314 g/mol. The molecule has 6 nitrogen and oxygen atoms in total. The number of H-pyrrole nitrogens is 1. The van der Waals surface area contributed by atoms with Crippen molar-refractivity contribution < 1.29 is 4.79 Å².